The summed E-state index contributed by atoms with van der Waals surface area (Å²) in [5.41, 5.74) is 5.87. The van der Waals surface area contributed by atoms with Crippen molar-refractivity contribution >= 4 is 23.2 Å². The minimum absolute atomic E-state index is 0.205. The van der Waals surface area contributed by atoms with E-state index < -0.39 is 0 Å². The van der Waals surface area contributed by atoms with Gasteiger partial charge in [0.1, 0.15) is 11.9 Å². The van der Waals surface area contributed by atoms with E-state index in [-0.39, 0.29) is 6.10 Å². The number of benzene rings is 3. The van der Waals surface area contributed by atoms with Crippen molar-refractivity contribution in [1.82, 2.24) is 0 Å². The number of aryl methyl sites for hydroxylation is 2. The van der Waals surface area contributed by atoms with Crippen LogP contribution in [0.1, 0.15) is 23.1 Å². The molecule has 0 aromatic heterocycles. The van der Waals surface area contributed by atoms with E-state index in [0.717, 1.165) is 36.1 Å². The lowest BCUT2D eigenvalue weighted by Crippen LogP contribution is -2.13. The van der Waals surface area contributed by atoms with Gasteiger partial charge in [0.25, 0.3) is 0 Å². The number of hydrogen-bond donors (Lipinski definition) is 0. The third-order valence-electron chi connectivity index (χ3n) is 4.86. The highest BCUT2D eigenvalue weighted by Gasteiger charge is 2.26. The zero-order valence-electron chi connectivity index (χ0n) is 14.6. The molecule has 3 aromatic carbocycles. The van der Waals surface area contributed by atoms with Crippen molar-refractivity contribution < 1.29 is 4.74 Å². The van der Waals surface area contributed by atoms with Gasteiger partial charge in [-0.1, -0.05) is 65.7 Å². The molecule has 0 saturated heterocycles. The molecule has 0 radical (unpaired) electrons. The molecule has 0 amide bonds. The number of rotatable bonds is 4. The molecular weight excluding hydrogens is 363 g/mol. The standard InChI is InChI=1S/C23H20Cl2O/c1-15-11-17-13-19(9-7-16-5-3-2-4-6-16)26-23(17)21(12-15)20-10-8-18(24)14-22(20)25/h2-6,8,10-12,14,19H,7,9,13H2,1H3. The molecule has 0 spiro atoms. The van der Waals surface area contributed by atoms with E-state index in [0.29, 0.717) is 10.0 Å². The minimum Gasteiger partial charge on any atom is -0.489 e. The van der Waals surface area contributed by atoms with Crippen LogP contribution in [0.3, 0.4) is 0 Å². The molecule has 0 N–H and O–H groups in total. The second-order valence-corrected chi connectivity index (χ2v) is 7.74. The van der Waals surface area contributed by atoms with Crippen LogP contribution in [-0.4, -0.2) is 6.10 Å². The van der Waals surface area contributed by atoms with Crippen molar-refractivity contribution in [2.75, 3.05) is 0 Å². The van der Waals surface area contributed by atoms with E-state index in [9.17, 15) is 0 Å². The van der Waals surface area contributed by atoms with Crippen LogP contribution in [0.25, 0.3) is 11.1 Å². The first-order chi connectivity index (χ1) is 12.6. The third-order valence-corrected chi connectivity index (χ3v) is 5.41. The predicted octanol–water partition coefficient (Wildman–Crippen LogP) is 6.91. The van der Waals surface area contributed by atoms with Gasteiger partial charge in [0, 0.05) is 22.6 Å². The van der Waals surface area contributed by atoms with Gasteiger partial charge in [-0.3, -0.25) is 0 Å². The molecule has 1 atom stereocenters. The van der Waals surface area contributed by atoms with Crippen LogP contribution in [0.4, 0.5) is 0 Å². The SMILES string of the molecule is Cc1cc2c(c(-c3ccc(Cl)cc3Cl)c1)OC(CCc1ccccc1)C2. The molecule has 0 aliphatic carbocycles. The van der Waals surface area contributed by atoms with Crippen LogP contribution in [0, 0.1) is 6.92 Å². The summed E-state index contributed by atoms with van der Waals surface area (Å²) in [6.07, 6.45) is 3.18. The summed E-state index contributed by atoms with van der Waals surface area (Å²) in [5, 5.41) is 1.30. The lowest BCUT2D eigenvalue weighted by atomic mass is 9.97. The second-order valence-electron chi connectivity index (χ2n) is 6.89. The first-order valence-corrected chi connectivity index (χ1v) is 9.65. The highest BCUT2D eigenvalue weighted by molar-refractivity contribution is 6.36. The van der Waals surface area contributed by atoms with E-state index in [1.54, 1.807) is 6.07 Å². The lowest BCUT2D eigenvalue weighted by Gasteiger charge is -2.14. The zero-order valence-corrected chi connectivity index (χ0v) is 16.1. The van der Waals surface area contributed by atoms with E-state index in [2.05, 4.69) is 49.4 Å². The monoisotopic (exact) mass is 382 g/mol. The van der Waals surface area contributed by atoms with E-state index in [1.165, 1.54) is 16.7 Å². The Bertz CT molecular complexity index is 934. The zero-order chi connectivity index (χ0) is 18.1. The molecular formula is C23H20Cl2O. The summed E-state index contributed by atoms with van der Waals surface area (Å²) in [6.45, 7) is 2.12. The Morgan fingerprint density at radius 3 is 2.54 bits per heavy atom. The smallest absolute Gasteiger partial charge is 0.130 e. The van der Waals surface area contributed by atoms with E-state index in [1.807, 2.05) is 12.1 Å². The van der Waals surface area contributed by atoms with Crippen molar-refractivity contribution in [2.24, 2.45) is 0 Å². The predicted molar refractivity (Wildman–Crippen MR) is 110 cm³/mol. The fourth-order valence-corrected chi connectivity index (χ4v) is 4.14. The normalized spacial score (nSPS) is 15.6. The summed E-state index contributed by atoms with van der Waals surface area (Å²) in [7, 11) is 0. The molecule has 0 saturated carbocycles. The van der Waals surface area contributed by atoms with Gasteiger partial charge < -0.3 is 4.74 Å². The fraction of sp³-hybridized carbons (Fsp3) is 0.217. The van der Waals surface area contributed by atoms with Gasteiger partial charge in [0.05, 0.1) is 5.02 Å². The lowest BCUT2D eigenvalue weighted by molar-refractivity contribution is 0.222. The molecule has 1 nitrogen and oxygen atoms in total. The Hall–Kier alpha value is -1.96. The molecule has 0 bridgehead atoms. The molecule has 1 heterocycles. The first kappa shape index (κ1) is 17.5. The van der Waals surface area contributed by atoms with Gasteiger partial charge in [-0.2, -0.15) is 0 Å². The summed E-state index contributed by atoms with van der Waals surface area (Å²) < 4.78 is 6.36. The summed E-state index contributed by atoms with van der Waals surface area (Å²) in [4.78, 5) is 0. The molecule has 1 aliphatic heterocycles. The van der Waals surface area contributed by atoms with E-state index >= 15 is 0 Å². The Morgan fingerprint density at radius 2 is 1.77 bits per heavy atom. The van der Waals surface area contributed by atoms with Crippen molar-refractivity contribution in [1.29, 1.82) is 0 Å². The highest BCUT2D eigenvalue weighted by atomic mass is 35.5. The average molecular weight is 383 g/mol. The maximum Gasteiger partial charge on any atom is 0.130 e. The number of hydrogen-bond acceptors (Lipinski definition) is 1. The molecule has 26 heavy (non-hydrogen) atoms. The Kier molecular flexibility index (Phi) is 4.93. The summed E-state index contributed by atoms with van der Waals surface area (Å²) >= 11 is 12.5. The van der Waals surface area contributed by atoms with Crippen LogP contribution >= 0.6 is 23.2 Å². The van der Waals surface area contributed by atoms with Gasteiger partial charge >= 0.3 is 0 Å². The number of ether oxygens (including phenoxy) is 1. The molecule has 3 aromatic rings. The summed E-state index contributed by atoms with van der Waals surface area (Å²) in [6, 6.07) is 20.6. The van der Waals surface area contributed by atoms with Crippen molar-refractivity contribution in [3.05, 3.63) is 87.4 Å². The van der Waals surface area contributed by atoms with Crippen molar-refractivity contribution in [3.63, 3.8) is 0 Å². The van der Waals surface area contributed by atoms with Crippen LogP contribution < -0.4 is 4.74 Å². The van der Waals surface area contributed by atoms with Crippen LogP contribution in [0.15, 0.2) is 60.7 Å². The molecule has 1 unspecified atom stereocenters. The Morgan fingerprint density at radius 1 is 0.962 bits per heavy atom. The van der Waals surface area contributed by atoms with Gasteiger partial charge in [0.2, 0.25) is 0 Å². The quantitative estimate of drug-likeness (QED) is 0.476. The largest absolute Gasteiger partial charge is 0.489 e. The Balaban J connectivity index is 1.60. The van der Waals surface area contributed by atoms with Crippen LogP contribution in [0.2, 0.25) is 10.0 Å². The molecule has 4 rings (SSSR count). The highest BCUT2D eigenvalue weighted by Crippen LogP contribution is 2.43. The number of halogens is 2. The molecule has 1 aliphatic rings. The Labute approximate surface area is 164 Å². The van der Waals surface area contributed by atoms with Gasteiger partial charge in [-0.15, -0.1) is 0 Å². The van der Waals surface area contributed by atoms with Gasteiger partial charge in [0.15, 0.2) is 0 Å². The van der Waals surface area contributed by atoms with Crippen LogP contribution in [-0.2, 0) is 12.8 Å². The van der Waals surface area contributed by atoms with Crippen molar-refractivity contribution in [2.45, 2.75) is 32.3 Å². The molecule has 3 heteroatoms. The maximum atomic E-state index is 6.46. The minimum atomic E-state index is 0.205. The van der Waals surface area contributed by atoms with Crippen molar-refractivity contribution in [3.8, 4) is 16.9 Å². The third kappa shape index (κ3) is 3.60. The molecule has 132 valence electrons. The van der Waals surface area contributed by atoms with Gasteiger partial charge in [-0.25, -0.2) is 0 Å². The first-order valence-electron chi connectivity index (χ1n) is 8.89. The van der Waals surface area contributed by atoms with Crippen LogP contribution in [0.5, 0.6) is 5.75 Å². The fourth-order valence-electron chi connectivity index (χ4n) is 3.63. The number of fused-ring (bicyclic) bond motifs is 1. The summed E-state index contributed by atoms with van der Waals surface area (Å²) in [5.74, 6) is 0.970. The second kappa shape index (κ2) is 7.34. The topological polar surface area (TPSA) is 9.23 Å². The average Bonchev–Trinajstić information content (AvgIpc) is 3.03. The van der Waals surface area contributed by atoms with E-state index in [4.69, 9.17) is 27.9 Å². The van der Waals surface area contributed by atoms with Gasteiger partial charge in [-0.05, 0) is 54.7 Å². The molecule has 0 fully saturated rings. The maximum absolute atomic E-state index is 6.46.